The summed E-state index contributed by atoms with van der Waals surface area (Å²) in [7, 11) is 0. The van der Waals surface area contributed by atoms with Crippen LogP contribution in [-0.2, 0) is 0 Å². The molecular weight excluding hydrogens is 303 g/mol. The van der Waals surface area contributed by atoms with Gasteiger partial charge in [-0.15, -0.1) is 0 Å². The van der Waals surface area contributed by atoms with Gasteiger partial charge in [0.1, 0.15) is 0 Å². The molecule has 0 bridgehead atoms. The lowest BCUT2D eigenvalue weighted by Gasteiger charge is -2.25. The normalized spacial score (nSPS) is 12.2. The zero-order chi connectivity index (χ0) is 15.3. The molecule has 2 amide bonds. The van der Waals surface area contributed by atoms with Gasteiger partial charge < -0.3 is 10.5 Å². The van der Waals surface area contributed by atoms with Crippen LogP contribution in [0.5, 0.6) is 0 Å². The van der Waals surface area contributed by atoms with Crippen molar-refractivity contribution in [3.63, 3.8) is 0 Å². The molecule has 0 saturated heterocycles. The first-order chi connectivity index (χ1) is 9.26. The first kappa shape index (κ1) is 16.6. The van der Waals surface area contributed by atoms with Crippen LogP contribution in [0.1, 0.15) is 20.8 Å². The van der Waals surface area contributed by atoms with Gasteiger partial charge in [-0.2, -0.15) is 0 Å². The van der Waals surface area contributed by atoms with Crippen LogP contribution in [-0.4, -0.2) is 22.5 Å². The highest BCUT2D eigenvalue weighted by atomic mass is 35.5. The van der Waals surface area contributed by atoms with Gasteiger partial charge in [0.2, 0.25) is 0 Å². The number of rotatable bonds is 4. The first-order valence-electron chi connectivity index (χ1n) is 5.74. The molecule has 0 saturated carbocycles. The highest BCUT2D eigenvalue weighted by molar-refractivity contribution is 6.42. The van der Waals surface area contributed by atoms with E-state index in [4.69, 9.17) is 28.4 Å². The summed E-state index contributed by atoms with van der Waals surface area (Å²) in [4.78, 5) is 11.7. The van der Waals surface area contributed by atoms with E-state index in [0.717, 1.165) is 0 Å². The summed E-state index contributed by atoms with van der Waals surface area (Å²) < 4.78 is 0. The molecule has 0 atom stereocenters. The highest BCUT2D eigenvalue weighted by Gasteiger charge is 2.22. The summed E-state index contributed by atoms with van der Waals surface area (Å²) in [6.07, 6.45) is 0. The van der Waals surface area contributed by atoms with Crippen LogP contribution in [0.15, 0.2) is 23.4 Å². The Hall–Kier alpha value is -1.50. The Labute approximate surface area is 127 Å². The van der Waals surface area contributed by atoms with Crippen molar-refractivity contribution in [1.82, 2.24) is 10.9 Å². The Balaban J connectivity index is 2.58. The Morgan fingerprint density at radius 2 is 1.95 bits per heavy atom. The number of urea groups is 1. The van der Waals surface area contributed by atoms with Crippen LogP contribution in [0.3, 0.4) is 0 Å². The molecule has 0 radical (unpaired) electrons. The predicted molar refractivity (Wildman–Crippen MR) is 80.7 cm³/mol. The Kier molecular flexibility index (Phi) is 5.62. The van der Waals surface area contributed by atoms with Crippen molar-refractivity contribution in [3.8, 4) is 0 Å². The lowest BCUT2D eigenvalue weighted by molar-refractivity contribution is 0.243. The summed E-state index contributed by atoms with van der Waals surface area (Å²) in [5.74, 6) is 0. The van der Waals surface area contributed by atoms with Gasteiger partial charge in [-0.25, -0.2) is 10.2 Å². The van der Waals surface area contributed by atoms with Gasteiger partial charge in [0.25, 0.3) is 0 Å². The van der Waals surface area contributed by atoms with E-state index >= 15 is 0 Å². The molecule has 1 aromatic carbocycles. The van der Waals surface area contributed by atoms with Crippen molar-refractivity contribution in [1.29, 1.82) is 0 Å². The number of amides is 2. The third kappa shape index (κ3) is 4.56. The number of anilines is 1. The fourth-order valence-corrected chi connectivity index (χ4v) is 1.46. The largest absolute Gasteiger partial charge is 0.411 e. The Bertz CT molecular complexity index is 532. The van der Waals surface area contributed by atoms with Gasteiger partial charge in [0, 0.05) is 5.69 Å². The molecule has 0 fully saturated rings. The maximum absolute atomic E-state index is 11.7. The van der Waals surface area contributed by atoms with Gasteiger partial charge in [-0.1, -0.05) is 28.4 Å². The third-order valence-electron chi connectivity index (χ3n) is 2.72. The number of carbonyl (C=O) groups excluding carboxylic acids is 1. The third-order valence-corrected chi connectivity index (χ3v) is 3.46. The first-order valence-corrected chi connectivity index (χ1v) is 6.50. The topological polar surface area (TPSA) is 85.8 Å². The minimum atomic E-state index is -0.691. The molecule has 6 nitrogen and oxygen atoms in total. The molecule has 0 aliphatic heterocycles. The maximum Gasteiger partial charge on any atom is 0.333 e. The number of nitrogens with one attached hydrogen (secondary N) is 3. The number of hydrazine groups is 1. The van der Waals surface area contributed by atoms with Crippen LogP contribution in [0.25, 0.3) is 0 Å². The van der Waals surface area contributed by atoms with Crippen LogP contribution in [0.2, 0.25) is 10.0 Å². The second-order valence-corrected chi connectivity index (χ2v) is 5.46. The van der Waals surface area contributed by atoms with E-state index in [0.29, 0.717) is 21.4 Å². The van der Waals surface area contributed by atoms with Crippen LogP contribution in [0, 0.1) is 0 Å². The molecule has 1 rings (SSSR count). The predicted octanol–water partition coefficient (Wildman–Crippen LogP) is 3.25. The number of carbonyl (C=O) groups is 1. The average molecular weight is 319 g/mol. The molecule has 1 aromatic rings. The number of hydrogen-bond acceptors (Lipinski definition) is 4. The fourth-order valence-electron chi connectivity index (χ4n) is 1.16. The highest BCUT2D eigenvalue weighted by Crippen LogP contribution is 2.24. The summed E-state index contributed by atoms with van der Waals surface area (Å²) in [5, 5.41) is 15.2. The average Bonchev–Trinajstić information content (AvgIpc) is 2.40. The summed E-state index contributed by atoms with van der Waals surface area (Å²) in [5.41, 5.74) is 5.43. The van der Waals surface area contributed by atoms with Gasteiger partial charge >= 0.3 is 6.03 Å². The second kappa shape index (κ2) is 6.78. The maximum atomic E-state index is 11.7. The van der Waals surface area contributed by atoms with Crippen molar-refractivity contribution >= 4 is 40.6 Å². The van der Waals surface area contributed by atoms with E-state index in [9.17, 15) is 4.79 Å². The van der Waals surface area contributed by atoms with Gasteiger partial charge in [-0.05, 0) is 39.0 Å². The lowest BCUT2D eigenvalue weighted by atomic mass is 10.0. The summed E-state index contributed by atoms with van der Waals surface area (Å²) >= 11 is 11.6. The molecule has 0 aliphatic rings. The van der Waals surface area contributed by atoms with Crippen LogP contribution in [0.4, 0.5) is 10.5 Å². The van der Waals surface area contributed by atoms with Crippen LogP contribution < -0.4 is 16.2 Å². The summed E-state index contributed by atoms with van der Waals surface area (Å²) in [6.45, 7) is 5.13. The van der Waals surface area contributed by atoms with Crippen molar-refractivity contribution in [3.05, 3.63) is 28.2 Å². The molecule has 0 unspecified atom stereocenters. The lowest BCUT2D eigenvalue weighted by Crippen LogP contribution is -2.55. The van der Waals surface area contributed by atoms with E-state index < -0.39 is 11.6 Å². The minimum absolute atomic E-state index is 0.348. The number of hydrogen-bond donors (Lipinski definition) is 4. The number of oxime groups is 1. The van der Waals surface area contributed by atoms with E-state index in [-0.39, 0.29) is 0 Å². The standard InChI is InChI=1S/C12H16Cl2N4O2/c1-7(17-20)12(2,3)18-16-11(19)15-8-4-5-9(13)10(14)6-8/h4-6,18,20H,1-3H3,(H2,15,16,19)/b17-7+. The number of benzene rings is 1. The zero-order valence-corrected chi connectivity index (χ0v) is 12.8. The van der Waals surface area contributed by atoms with E-state index in [1.165, 1.54) is 6.07 Å². The van der Waals surface area contributed by atoms with Crippen LogP contribution >= 0.6 is 23.2 Å². The van der Waals surface area contributed by atoms with E-state index in [2.05, 4.69) is 21.3 Å². The molecule has 8 heteroatoms. The molecular formula is C12H16Cl2N4O2. The van der Waals surface area contributed by atoms with Crippen molar-refractivity contribution in [2.24, 2.45) is 5.16 Å². The fraction of sp³-hybridized carbons (Fsp3) is 0.333. The van der Waals surface area contributed by atoms with Crippen molar-refractivity contribution in [2.45, 2.75) is 26.3 Å². The molecule has 0 aromatic heterocycles. The smallest absolute Gasteiger partial charge is 0.333 e. The monoisotopic (exact) mass is 318 g/mol. The van der Waals surface area contributed by atoms with Crippen molar-refractivity contribution in [2.75, 3.05) is 5.32 Å². The second-order valence-electron chi connectivity index (χ2n) is 4.64. The number of halogens is 2. The quantitative estimate of drug-likeness (QED) is 0.390. The molecule has 110 valence electrons. The SMILES string of the molecule is C/C(=N\O)C(C)(C)NNC(=O)Nc1ccc(Cl)c(Cl)c1. The van der Waals surface area contributed by atoms with E-state index in [1.54, 1.807) is 32.9 Å². The minimum Gasteiger partial charge on any atom is -0.411 e. The van der Waals surface area contributed by atoms with Gasteiger partial charge in [-0.3, -0.25) is 5.43 Å². The Morgan fingerprint density at radius 1 is 1.30 bits per heavy atom. The Morgan fingerprint density at radius 3 is 2.50 bits per heavy atom. The van der Waals surface area contributed by atoms with Gasteiger partial charge in [0.15, 0.2) is 0 Å². The van der Waals surface area contributed by atoms with E-state index in [1.807, 2.05) is 0 Å². The molecule has 4 N–H and O–H groups in total. The van der Waals surface area contributed by atoms with Gasteiger partial charge in [0.05, 0.1) is 21.3 Å². The molecule has 0 spiro atoms. The number of nitrogens with zero attached hydrogens (tertiary/aromatic N) is 1. The molecule has 20 heavy (non-hydrogen) atoms. The zero-order valence-electron chi connectivity index (χ0n) is 11.3. The molecule has 0 aliphatic carbocycles. The van der Waals surface area contributed by atoms with Crippen molar-refractivity contribution < 1.29 is 10.0 Å². The summed E-state index contributed by atoms with van der Waals surface area (Å²) in [6, 6.07) is 4.26. The molecule has 0 heterocycles.